The molecule has 0 radical (unpaired) electrons. The summed E-state index contributed by atoms with van der Waals surface area (Å²) in [5.41, 5.74) is 1.30. The van der Waals surface area contributed by atoms with Gasteiger partial charge in [0.2, 0.25) is 5.91 Å². The smallest absolute Gasteiger partial charge is 0.224 e. The van der Waals surface area contributed by atoms with Crippen molar-refractivity contribution in [2.24, 2.45) is 0 Å². The molecule has 3 nitrogen and oxygen atoms in total. The van der Waals surface area contributed by atoms with Crippen LogP contribution < -0.4 is 5.32 Å². The van der Waals surface area contributed by atoms with E-state index in [0.717, 1.165) is 0 Å². The Morgan fingerprint density at radius 3 is 2.87 bits per heavy atom. The van der Waals surface area contributed by atoms with Gasteiger partial charge in [-0.15, -0.1) is 0 Å². The lowest BCUT2D eigenvalue weighted by Crippen LogP contribution is -2.12. The lowest BCUT2D eigenvalue weighted by Gasteiger charge is -2.07. The summed E-state index contributed by atoms with van der Waals surface area (Å²) in [5, 5.41) is 11.2. The predicted molar refractivity (Wildman–Crippen MR) is 56.1 cm³/mol. The van der Waals surface area contributed by atoms with Crippen molar-refractivity contribution >= 4 is 11.6 Å². The molecule has 1 aromatic carbocycles. The molecule has 0 spiro atoms. The van der Waals surface area contributed by atoms with E-state index < -0.39 is 0 Å². The van der Waals surface area contributed by atoms with E-state index >= 15 is 0 Å². The number of hydrogen-bond acceptors (Lipinski definition) is 2. The highest BCUT2D eigenvalue weighted by Crippen LogP contribution is 2.15. The highest BCUT2D eigenvalue weighted by atomic mass is 19.1. The minimum absolute atomic E-state index is 0.00415. The molecule has 4 heteroatoms. The quantitative estimate of drug-likeness (QED) is 0.798. The fourth-order valence-electron chi connectivity index (χ4n) is 1.22. The zero-order valence-corrected chi connectivity index (χ0v) is 8.59. The average Bonchev–Trinajstić information content (AvgIpc) is 2.19. The molecule has 0 saturated carbocycles. The summed E-state index contributed by atoms with van der Waals surface area (Å²) >= 11 is 0. The van der Waals surface area contributed by atoms with Gasteiger partial charge >= 0.3 is 0 Å². The van der Waals surface area contributed by atoms with Gasteiger partial charge in [0, 0.05) is 18.7 Å². The number of anilines is 1. The number of carbonyl (C=O) groups excluding carboxylic acids is 1. The van der Waals surface area contributed by atoms with Crippen molar-refractivity contribution in [2.75, 3.05) is 11.9 Å². The van der Waals surface area contributed by atoms with Crippen molar-refractivity contribution in [3.63, 3.8) is 0 Å². The van der Waals surface area contributed by atoms with Crippen LogP contribution in [0.2, 0.25) is 0 Å². The summed E-state index contributed by atoms with van der Waals surface area (Å²) in [6, 6.07) is 4.19. The molecule has 0 aliphatic carbocycles. The first kappa shape index (κ1) is 11.7. The van der Waals surface area contributed by atoms with Gasteiger partial charge in [-0.05, 0) is 37.1 Å². The van der Waals surface area contributed by atoms with E-state index in [-0.39, 0.29) is 24.8 Å². The molecule has 0 unspecified atom stereocenters. The molecular formula is C11H14FNO2. The van der Waals surface area contributed by atoms with Crippen molar-refractivity contribution in [2.45, 2.75) is 19.8 Å². The molecule has 1 aromatic rings. The Balaban J connectivity index is 2.60. The van der Waals surface area contributed by atoms with Gasteiger partial charge in [-0.25, -0.2) is 4.39 Å². The maximum Gasteiger partial charge on any atom is 0.224 e. The van der Waals surface area contributed by atoms with E-state index in [9.17, 15) is 9.18 Å². The Morgan fingerprint density at radius 2 is 2.27 bits per heavy atom. The van der Waals surface area contributed by atoms with Gasteiger partial charge in [-0.3, -0.25) is 4.79 Å². The second-order valence-electron chi connectivity index (χ2n) is 3.33. The summed E-state index contributed by atoms with van der Waals surface area (Å²) in [4.78, 5) is 11.3. The Kier molecular flexibility index (Phi) is 4.24. The number of halogens is 1. The van der Waals surface area contributed by atoms with Crippen molar-refractivity contribution in [3.8, 4) is 0 Å². The topological polar surface area (TPSA) is 49.3 Å². The lowest BCUT2D eigenvalue weighted by molar-refractivity contribution is -0.116. The fourth-order valence-corrected chi connectivity index (χ4v) is 1.22. The maximum absolute atomic E-state index is 12.7. The first-order valence-electron chi connectivity index (χ1n) is 4.80. The van der Waals surface area contributed by atoms with Gasteiger partial charge in [0.15, 0.2) is 0 Å². The molecule has 0 bridgehead atoms. The Labute approximate surface area is 87.9 Å². The molecule has 1 rings (SSSR count). The van der Waals surface area contributed by atoms with Crippen LogP contribution in [0.1, 0.15) is 18.4 Å². The standard InChI is InChI=1S/C11H14FNO2/c1-8-7-9(12)4-5-10(8)13-11(15)3-2-6-14/h4-5,7,14H,2-3,6H2,1H3,(H,13,15). The molecule has 0 saturated heterocycles. The van der Waals surface area contributed by atoms with Crippen molar-refractivity contribution < 1.29 is 14.3 Å². The summed E-state index contributed by atoms with van der Waals surface area (Å²) in [7, 11) is 0. The van der Waals surface area contributed by atoms with E-state index in [0.29, 0.717) is 17.7 Å². The first-order valence-corrected chi connectivity index (χ1v) is 4.80. The highest BCUT2D eigenvalue weighted by Gasteiger charge is 2.04. The van der Waals surface area contributed by atoms with Crippen LogP contribution in [-0.4, -0.2) is 17.6 Å². The van der Waals surface area contributed by atoms with Crippen molar-refractivity contribution in [1.29, 1.82) is 0 Å². The molecule has 0 fully saturated rings. The second-order valence-corrected chi connectivity index (χ2v) is 3.33. The number of aryl methyl sites for hydroxylation is 1. The SMILES string of the molecule is Cc1cc(F)ccc1NC(=O)CCCO. The summed E-state index contributed by atoms with van der Waals surface area (Å²) in [6.45, 7) is 1.72. The van der Waals surface area contributed by atoms with E-state index in [1.165, 1.54) is 18.2 Å². The molecule has 0 aromatic heterocycles. The first-order chi connectivity index (χ1) is 7.13. The van der Waals surface area contributed by atoms with E-state index in [1.807, 2.05) is 0 Å². The maximum atomic E-state index is 12.7. The van der Waals surface area contributed by atoms with Crippen molar-refractivity contribution in [1.82, 2.24) is 0 Å². The van der Waals surface area contributed by atoms with Crippen molar-refractivity contribution in [3.05, 3.63) is 29.6 Å². The molecule has 2 N–H and O–H groups in total. The van der Waals surface area contributed by atoms with Crippen LogP contribution in [0, 0.1) is 12.7 Å². The number of nitrogens with one attached hydrogen (secondary N) is 1. The molecule has 0 heterocycles. The minimum Gasteiger partial charge on any atom is -0.396 e. The van der Waals surface area contributed by atoms with Crippen LogP contribution in [0.5, 0.6) is 0 Å². The van der Waals surface area contributed by atoms with Gasteiger partial charge in [-0.2, -0.15) is 0 Å². The summed E-state index contributed by atoms with van der Waals surface area (Å²) in [5.74, 6) is -0.486. The van der Waals surface area contributed by atoms with Crippen LogP contribution in [0.15, 0.2) is 18.2 Å². The van der Waals surface area contributed by atoms with Gasteiger partial charge in [0.05, 0.1) is 0 Å². The van der Waals surface area contributed by atoms with E-state index in [2.05, 4.69) is 5.32 Å². The zero-order chi connectivity index (χ0) is 11.3. The molecule has 1 amide bonds. The number of carbonyl (C=O) groups is 1. The third-order valence-electron chi connectivity index (χ3n) is 2.02. The number of amides is 1. The monoisotopic (exact) mass is 211 g/mol. The highest BCUT2D eigenvalue weighted by molar-refractivity contribution is 5.91. The summed E-state index contributed by atoms with van der Waals surface area (Å²) in [6.07, 6.45) is 0.708. The van der Waals surface area contributed by atoms with Crippen LogP contribution in [0.4, 0.5) is 10.1 Å². The Bertz CT molecular complexity index is 352. The van der Waals surface area contributed by atoms with Crippen LogP contribution in [0.3, 0.4) is 0 Å². The number of aliphatic hydroxyl groups is 1. The Hall–Kier alpha value is -1.42. The number of benzene rings is 1. The van der Waals surface area contributed by atoms with E-state index in [4.69, 9.17) is 5.11 Å². The largest absolute Gasteiger partial charge is 0.396 e. The number of aliphatic hydroxyl groups excluding tert-OH is 1. The second kappa shape index (κ2) is 5.46. The van der Waals surface area contributed by atoms with Crippen LogP contribution >= 0.6 is 0 Å². The van der Waals surface area contributed by atoms with Crippen LogP contribution in [0.25, 0.3) is 0 Å². The van der Waals surface area contributed by atoms with Gasteiger partial charge in [-0.1, -0.05) is 0 Å². The predicted octanol–water partition coefficient (Wildman–Crippen LogP) is 1.85. The number of rotatable bonds is 4. The fraction of sp³-hybridized carbons (Fsp3) is 0.364. The molecular weight excluding hydrogens is 197 g/mol. The van der Waals surface area contributed by atoms with Gasteiger partial charge in [0.1, 0.15) is 5.82 Å². The molecule has 0 atom stereocenters. The Morgan fingerprint density at radius 1 is 1.53 bits per heavy atom. The normalized spacial score (nSPS) is 10.1. The van der Waals surface area contributed by atoms with E-state index in [1.54, 1.807) is 6.92 Å². The zero-order valence-electron chi connectivity index (χ0n) is 8.59. The molecule has 0 aliphatic rings. The average molecular weight is 211 g/mol. The van der Waals surface area contributed by atoms with Gasteiger partial charge in [0.25, 0.3) is 0 Å². The third-order valence-corrected chi connectivity index (χ3v) is 2.02. The molecule has 82 valence electrons. The van der Waals surface area contributed by atoms with Gasteiger partial charge < -0.3 is 10.4 Å². The number of hydrogen-bond donors (Lipinski definition) is 2. The molecule has 15 heavy (non-hydrogen) atoms. The van der Waals surface area contributed by atoms with Crippen LogP contribution in [-0.2, 0) is 4.79 Å². The molecule has 0 aliphatic heterocycles. The lowest BCUT2D eigenvalue weighted by atomic mass is 10.2. The summed E-state index contributed by atoms with van der Waals surface area (Å²) < 4.78 is 12.7. The third kappa shape index (κ3) is 3.67. The minimum atomic E-state index is -0.319.